The summed E-state index contributed by atoms with van der Waals surface area (Å²) in [6, 6.07) is 6.24. The quantitative estimate of drug-likeness (QED) is 0.776. The lowest BCUT2D eigenvalue weighted by molar-refractivity contribution is 0.313. The van der Waals surface area contributed by atoms with Crippen LogP contribution in [-0.2, 0) is 0 Å². The summed E-state index contributed by atoms with van der Waals surface area (Å²) in [5.74, 6) is 0.791. The Balaban J connectivity index is 2.04. The summed E-state index contributed by atoms with van der Waals surface area (Å²) in [5, 5.41) is 4.31. The molecular formula is C15H23ClN2. The third-order valence-electron chi connectivity index (χ3n) is 4.01. The van der Waals surface area contributed by atoms with Gasteiger partial charge in [-0.2, -0.15) is 0 Å². The van der Waals surface area contributed by atoms with Crippen molar-refractivity contribution in [3.05, 3.63) is 23.2 Å². The van der Waals surface area contributed by atoms with Crippen LogP contribution in [0.5, 0.6) is 0 Å². The van der Waals surface area contributed by atoms with E-state index < -0.39 is 0 Å². The Labute approximate surface area is 115 Å². The van der Waals surface area contributed by atoms with Crippen LogP contribution in [0.4, 0.5) is 11.4 Å². The minimum Gasteiger partial charge on any atom is -0.397 e. The van der Waals surface area contributed by atoms with Crippen molar-refractivity contribution in [3.63, 3.8) is 0 Å². The first-order chi connectivity index (χ1) is 8.70. The van der Waals surface area contributed by atoms with Crippen molar-refractivity contribution in [1.82, 2.24) is 0 Å². The van der Waals surface area contributed by atoms with Crippen LogP contribution in [0.2, 0.25) is 5.02 Å². The van der Waals surface area contributed by atoms with Crippen LogP contribution in [-0.4, -0.2) is 6.04 Å². The summed E-state index contributed by atoms with van der Waals surface area (Å²) in [5.41, 5.74) is 7.78. The Hall–Kier alpha value is -0.890. The summed E-state index contributed by atoms with van der Waals surface area (Å²) < 4.78 is 0. The van der Waals surface area contributed by atoms with Crippen molar-refractivity contribution in [2.75, 3.05) is 11.1 Å². The molecule has 1 aromatic carbocycles. The minimum absolute atomic E-state index is 0.536. The number of nitrogens with two attached hydrogens (primary N) is 1. The zero-order valence-corrected chi connectivity index (χ0v) is 11.8. The van der Waals surface area contributed by atoms with Gasteiger partial charge in [-0.25, -0.2) is 0 Å². The van der Waals surface area contributed by atoms with Crippen molar-refractivity contribution in [2.24, 2.45) is 5.92 Å². The molecule has 2 nitrogen and oxygen atoms in total. The molecule has 3 N–H and O–H groups in total. The van der Waals surface area contributed by atoms with Crippen molar-refractivity contribution in [2.45, 2.75) is 51.5 Å². The molecule has 0 radical (unpaired) electrons. The smallest absolute Gasteiger partial charge is 0.0577 e. The second-order valence-electron chi connectivity index (χ2n) is 5.29. The molecule has 0 spiro atoms. The van der Waals surface area contributed by atoms with E-state index in [4.69, 9.17) is 17.3 Å². The number of halogens is 1. The molecule has 3 heteroatoms. The number of anilines is 2. The number of nitrogens with one attached hydrogen (secondary N) is 1. The topological polar surface area (TPSA) is 38.0 Å². The number of nitrogen functional groups attached to an aromatic ring is 1. The van der Waals surface area contributed by atoms with E-state index in [1.54, 1.807) is 0 Å². The molecule has 1 saturated carbocycles. The molecule has 1 aromatic rings. The lowest BCUT2D eigenvalue weighted by atomic mass is 9.83. The Morgan fingerprint density at radius 2 is 2.06 bits per heavy atom. The molecule has 18 heavy (non-hydrogen) atoms. The van der Waals surface area contributed by atoms with Gasteiger partial charge in [-0.15, -0.1) is 0 Å². The van der Waals surface area contributed by atoms with Gasteiger partial charge in [0, 0.05) is 11.1 Å². The molecule has 1 unspecified atom stereocenters. The summed E-state index contributed by atoms with van der Waals surface area (Å²) in [7, 11) is 0. The highest BCUT2D eigenvalue weighted by Gasteiger charge is 2.22. The highest BCUT2D eigenvalue weighted by Crippen LogP contribution is 2.31. The second-order valence-corrected chi connectivity index (χ2v) is 5.73. The number of benzene rings is 1. The van der Waals surface area contributed by atoms with Crippen LogP contribution in [0, 0.1) is 5.92 Å². The lowest BCUT2D eigenvalue weighted by Gasteiger charge is -2.31. The number of hydrogen-bond acceptors (Lipinski definition) is 2. The SMILES string of the molecule is CCC(Nc1ccc(Cl)cc1N)C1CCCCC1. The molecule has 0 bridgehead atoms. The molecule has 0 saturated heterocycles. The van der Waals surface area contributed by atoms with Crippen LogP contribution >= 0.6 is 11.6 Å². The normalized spacial score (nSPS) is 18.6. The van der Waals surface area contributed by atoms with E-state index in [1.165, 1.54) is 32.1 Å². The van der Waals surface area contributed by atoms with Crippen molar-refractivity contribution in [1.29, 1.82) is 0 Å². The maximum atomic E-state index is 6.01. The van der Waals surface area contributed by atoms with Crippen LogP contribution in [0.25, 0.3) is 0 Å². The van der Waals surface area contributed by atoms with E-state index in [0.717, 1.165) is 23.7 Å². The van der Waals surface area contributed by atoms with Crippen LogP contribution in [0.15, 0.2) is 18.2 Å². The van der Waals surface area contributed by atoms with E-state index in [0.29, 0.717) is 11.1 Å². The first-order valence-corrected chi connectivity index (χ1v) is 7.40. The van der Waals surface area contributed by atoms with Gasteiger partial charge >= 0.3 is 0 Å². The van der Waals surface area contributed by atoms with Gasteiger partial charge in [0.2, 0.25) is 0 Å². The van der Waals surface area contributed by atoms with E-state index in [1.807, 2.05) is 18.2 Å². The fraction of sp³-hybridized carbons (Fsp3) is 0.600. The fourth-order valence-corrected chi connectivity index (χ4v) is 3.14. The van der Waals surface area contributed by atoms with Crippen molar-refractivity contribution >= 4 is 23.0 Å². The summed E-state index contributed by atoms with van der Waals surface area (Å²) in [4.78, 5) is 0. The van der Waals surface area contributed by atoms with Crippen LogP contribution in [0.1, 0.15) is 45.4 Å². The monoisotopic (exact) mass is 266 g/mol. The first kappa shape index (κ1) is 13.5. The van der Waals surface area contributed by atoms with Gasteiger partial charge in [0.1, 0.15) is 0 Å². The maximum absolute atomic E-state index is 6.01. The molecule has 1 aliphatic carbocycles. The van der Waals surface area contributed by atoms with Crippen LogP contribution in [0.3, 0.4) is 0 Å². The molecule has 1 atom stereocenters. The number of rotatable bonds is 4. The molecule has 1 fully saturated rings. The standard InChI is InChI=1S/C15H23ClN2/c1-2-14(11-6-4-3-5-7-11)18-15-9-8-12(16)10-13(15)17/h8-11,14,18H,2-7,17H2,1H3. The average molecular weight is 267 g/mol. The van der Waals surface area contributed by atoms with Gasteiger partial charge in [0.05, 0.1) is 11.4 Å². The predicted octanol–water partition coefficient (Wildman–Crippen LogP) is 4.69. The molecule has 0 aromatic heterocycles. The minimum atomic E-state index is 0.536. The van der Waals surface area contributed by atoms with Gasteiger partial charge < -0.3 is 11.1 Å². The fourth-order valence-electron chi connectivity index (χ4n) is 2.95. The van der Waals surface area contributed by atoms with Crippen LogP contribution < -0.4 is 11.1 Å². The van der Waals surface area contributed by atoms with Gasteiger partial charge in [-0.05, 0) is 43.4 Å². The van der Waals surface area contributed by atoms with Gasteiger partial charge in [-0.3, -0.25) is 0 Å². The van der Waals surface area contributed by atoms with E-state index >= 15 is 0 Å². The molecule has 0 amide bonds. The highest BCUT2D eigenvalue weighted by molar-refractivity contribution is 6.31. The van der Waals surface area contributed by atoms with Crippen molar-refractivity contribution < 1.29 is 0 Å². The van der Waals surface area contributed by atoms with E-state index in [-0.39, 0.29) is 0 Å². The Bertz CT molecular complexity index is 386. The Morgan fingerprint density at radius 1 is 1.33 bits per heavy atom. The summed E-state index contributed by atoms with van der Waals surface area (Å²) >= 11 is 5.93. The Morgan fingerprint density at radius 3 is 2.67 bits per heavy atom. The van der Waals surface area contributed by atoms with Gasteiger partial charge in [0.25, 0.3) is 0 Å². The zero-order valence-electron chi connectivity index (χ0n) is 11.1. The van der Waals surface area contributed by atoms with Gasteiger partial charge in [0.15, 0.2) is 0 Å². The first-order valence-electron chi connectivity index (χ1n) is 7.02. The Kier molecular flexibility index (Phi) is 4.76. The summed E-state index contributed by atoms with van der Waals surface area (Å²) in [6.07, 6.45) is 7.98. The summed E-state index contributed by atoms with van der Waals surface area (Å²) in [6.45, 7) is 2.25. The molecule has 2 rings (SSSR count). The maximum Gasteiger partial charge on any atom is 0.0577 e. The van der Waals surface area contributed by atoms with Gasteiger partial charge in [-0.1, -0.05) is 37.8 Å². The molecule has 0 heterocycles. The second kappa shape index (κ2) is 6.33. The van der Waals surface area contributed by atoms with Crippen molar-refractivity contribution in [3.8, 4) is 0 Å². The van der Waals surface area contributed by atoms with E-state index in [2.05, 4.69) is 12.2 Å². The molecule has 1 aliphatic rings. The third-order valence-corrected chi connectivity index (χ3v) is 4.25. The highest BCUT2D eigenvalue weighted by atomic mass is 35.5. The molecule has 0 aliphatic heterocycles. The lowest BCUT2D eigenvalue weighted by Crippen LogP contribution is -2.30. The predicted molar refractivity (Wildman–Crippen MR) is 80.1 cm³/mol. The number of hydrogen-bond donors (Lipinski definition) is 2. The zero-order chi connectivity index (χ0) is 13.0. The van der Waals surface area contributed by atoms with E-state index in [9.17, 15) is 0 Å². The average Bonchev–Trinajstić information content (AvgIpc) is 2.39. The molecular weight excluding hydrogens is 244 g/mol. The largest absolute Gasteiger partial charge is 0.397 e. The molecule has 100 valence electrons. The third kappa shape index (κ3) is 3.32.